The number of anilines is 1. The zero-order valence-corrected chi connectivity index (χ0v) is 19.0. The van der Waals surface area contributed by atoms with E-state index in [1.807, 2.05) is 48.5 Å². The fraction of sp³-hybridized carbons (Fsp3) is 0.214. The van der Waals surface area contributed by atoms with Gasteiger partial charge in [-0.25, -0.2) is 4.39 Å². The maximum atomic E-state index is 13.5. The van der Waals surface area contributed by atoms with Crippen molar-refractivity contribution in [3.8, 4) is 0 Å². The van der Waals surface area contributed by atoms with Gasteiger partial charge in [-0.05, 0) is 46.5 Å². The molecule has 1 heterocycles. The molecule has 1 fully saturated rings. The molecule has 0 saturated carbocycles. The van der Waals surface area contributed by atoms with Crippen LogP contribution in [0.4, 0.5) is 10.1 Å². The number of hydrogen-bond acceptors (Lipinski definition) is 5. The number of esters is 1. The predicted octanol–water partition coefficient (Wildman–Crippen LogP) is 3.20. The summed E-state index contributed by atoms with van der Waals surface area (Å²) < 4.78 is 18.0. The number of amides is 3. The van der Waals surface area contributed by atoms with Crippen molar-refractivity contribution in [2.45, 2.75) is 11.8 Å². The monoisotopic (exact) mass is 484 g/mol. The highest BCUT2D eigenvalue weighted by atomic mass is 19.1. The number of carbonyl (C=O) groups is 4. The largest absolute Gasteiger partial charge is 0.454 e. The standard InChI is InChI=1S/C28H21FN2O5/c29-15-9-11-16(12-10-15)30-21(32)14-36-22(33)13-31-27(34)25-23-17-5-1-2-6-18(17)24(26(25)28(31)35)20-8-4-3-7-19(20)23/h1-12,23-26H,13-14H2,(H,30,32)/t23?,24?,25-,26-/m0/s1. The fourth-order valence-corrected chi connectivity index (χ4v) is 5.95. The van der Waals surface area contributed by atoms with Gasteiger partial charge in [-0.15, -0.1) is 0 Å². The van der Waals surface area contributed by atoms with Gasteiger partial charge >= 0.3 is 5.97 Å². The molecule has 8 heteroatoms. The Balaban J connectivity index is 1.18. The van der Waals surface area contributed by atoms with Crippen LogP contribution >= 0.6 is 0 Å². The Morgan fingerprint density at radius 2 is 1.25 bits per heavy atom. The lowest BCUT2D eigenvalue weighted by molar-refractivity contribution is -0.154. The average molecular weight is 484 g/mol. The van der Waals surface area contributed by atoms with Gasteiger partial charge in [0.1, 0.15) is 12.4 Å². The summed E-state index contributed by atoms with van der Waals surface area (Å²) >= 11 is 0. The number of ether oxygens (including phenoxy) is 1. The molecule has 0 unspecified atom stereocenters. The number of halogens is 1. The molecule has 7 nitrogen and oxygen atoms in total. The minimum atomic E-state index is -0.855. The van der Waals surface area contributed by atoms with Crippen LogP contribution in [0.3, 0.4) is 0 Å². The molecule has 3 amide bonds. The van der Waals surface area contributed by atoms with Gasteiger partial charge in [-0.2, -0.15) is 0 Å². The highest BCUT2D eigenvalue weighted by Crippen LogP contribution is 2.60. The summed E-state index contributed by atoms with van der Waals surface area (Å²) in [6.07, 6.45) is 0. The molecule has 2 atom stereocenters. The molecule has 0 aromatic heterocycles. The molecular formula is C28H21FN2O5. The summed E-state index contributed by atoms with van der Waals surface area (Å²) in [6.45, 7) is -1.15. The Morgan fingerprint density at radius 1 is 0.778 bits per heavy atom. The van der Waals surface area contributed by atoms with Gasteiger partial charge in [0.2, 0.25) is 11.8 Å². The molecule has 7 rings (SSSR count). The highest BCUT2D eigenvalue weighted by Gasteiger charge is 2.61. The average Bonchev–Trinajstić information content (AvgIpc) is 3.14. The minimum Gasteiger partial charge on any atom is -0.454 e. The van der Waals surface area contributed by atoms with Crippen molar-refractivity contribution in [1.82, 2.24) is 4.90 Å². The molecule has 0 spiro atoms. The third-order valence-corrected chi connectivity index (χ3v) is 7.32. The SMILES string of the molecule is O=C(COC(=O)CN1C(=O)[C@H]2C3c4ccccc4C(c4ccccc43)[C@@H]2C1=O)Nc1ccc(F)cc1. The van der Waals surface area contributed by atoms with E-state index in [1.165, 1.54) is 24.3 Å². The number of imide groups is 1. The fourth-order valence-electron chi connectivity index (χ4n) is 5.95. The van der Waals surface area contributed by atoms with Gasteiger partial charge in [0.25, 0.3) is 5.91 Å². The Kier molecular flexibility index (Phi) is 5.17. The zero-order valence-electron chi connectivity index (χ0n) is 19.0. The first kappa shape index (κ1) is 22.2. The molecule has 3 aromatic carbocycles. The van der Waals surface area contributed by atoms with E-state index >= 15 is 0 Å². The topological polar surface area (TPSA) is 92.8 Å². The van der Waals surface area contributed by atoms with Gasteiger partial charge in [0.15, 0.2) is 6.61 Å². The second-order valence-electron chi connectivity index (χ2n) is 9.24. The number of benzene rings is 3. The van der Waals surface area contributed by atoms with Crippen molar-refractivity contribution in [3.05, 3.63) is 101 Å². The van der Waals surface area contributed by atoms with Crippen molar-refractivity contribution in [1.29, 1.82) is 0 Å². The minimum absolute atomic E-state index is 0.258. The Labute approximate surface area is 205 Å². The number of nitrogens with one attached hydrogen (secondary N) is 1. The molecule has 4 aliphatic rings. The molecular weight excluding hydrogens is 463 g/mol. The van der Waals surface area contributed by atoms with Crippen LogP contribution in [0.5, 0.6) is 0 Å². The summed E-state index contributed by atoms with van der Waals surface area (Å²) in [4.78, 5) is 52.6. The van der Waals surface area contributed by atoms with E-state index in [9.17, 15) is 23.6 Å². The summed E-state index contributed by atoms with van der Waals surface area (Å²) in [5, 5.41) is 2.49. The van der Waals surface area contributed by atoms with Gasteiger partial charge in [-0.3, -0.25) is 24.1 Å². The van der Waals surface area contributed by atoms with Crippen LogP contribution in [0.25, 0.3) is 0 Å². The van der Waals surface area contributed by atoms with Gasteiger partial charge in [0.05, 0.1) is 11.8 Å². The molecule has 2 bridgehead atoms. The van der Waals surface area contributed by atoms with E-state index in [0.717, 1.165) is 27.2 Å². The molecule has 1 saturated heterocycles. The van der Waals surface area contributed by atoms with Crippen molar-refractivity contribution in [2.75, 3.05) is 18.5 Å². The molecule has 3 aromatic rings. The van der Waals surface area contributed by atoms with E-state index in [-0.39, 0.29) is 11.8 Å². The summed E-state index contributed by atoms with van der Waals surface area (Å²) in [6, 6.07) is 20.9. The molecule has 1 aliphatic heterocycles. The number of rotatable bonds is 5. The van der Waals surface area contributed by atoms with Crippen LogP contribution in [0.15, 0.2) is 72.8 Å². The van der Waals surface area contributed by atoms with E-state index in [1.54, 1.807) is 0 Å². The first-order valence-corrected chi connectivity index (χ1v) is 11.7. The van der Waals surface area contributed by atoms with Crippen molar-refractivity contribution in [3.63, 3.8) is 0 Å². The van der Waals surface area contributed by atoms with E-state index in [2.05, 4.69) is 5.32 Å². The second-order valence-corrected chi connectivity index (χ2v) is 9.24. The number of hydrogen-bond donors (Lipinski definition) is 1. The van der Waals surface area contributed by atoms with Crippen molar-refractivity contribution in [2.24, 2.45) is 11.8 Å². The van der Waals surface area contributed by atoms with Crippen LogP contribution in [-0.4, -0.2) is 41.7 Å². The maximum absolute atomic E-state index is 13.5. The number of likely N-dealkylation sites (tertiary alicyclic amines) is 1. The Morgan fingerprint density at radius 3 is 1.72 bits per heavy atom. The van der Waals surface area contributed by atoms with Crippen molar-refractivity contribution >= 4 is 29.4 Å². The summed E-state index contributed by atoms with van der Waals surface area (Å²) in [7, 11) is 0. The summed E-state index contributed by atoms with van der Waals surface area (Å²) in [5.74, 6) is -4.38. The molecule has 1 N–H and O–H groups in total. The normalized spacial score (nSPS) is 23.1. The summed E-state index contributed by atoms with van der Waals surface area (Å²) in [5.41, 5.74) is 4.54. The van der Waals surface area contributed by atoms with Crippen molar-refractivity contribution < 1.29 is 28.3 Å². The lowest BCUT2D eigenvalue weighted by Gasteiger charge is -2.45. The van der Waals surface area contributed by atoms with E-state index in [4.69, 9.17) is 4.74 Å². The number of nitrogens with zero attached hydrogens (tertiary/aromatic N) is 1. The van der Waals surface area contributed by atoms with Crippen LogP contribution in [0.2, 0.25) is 0 Å². The van der Waals surface area contributed by atoms with Gasteiger partial charge in [0, 0.05) is 17.5 Å². The van der Waals surface area contributed by atoms with Gasteiger partial charge in [-0.1, -0.05) is 48.5 Å². The van der Waals surface area contributed by atoms with E-state index < -0.39 is 54.5 Å². The lowest BCUT2D eigenvalue weighted by atomic mass is 9.55. The number of carbonyl (C=O) groups excluding carboxylic acids is 4. The third-order valence-electron chi connectivity index (χ3n) is 7.32. The predicted molar refractivity (Wildman–Crippen MR) is 126 cm³/mol. The molecule has 0 radical (unpaired) electrons. The molecule has 180 valence electrons. The highest BCUT2D eigenvalue weighted by molar-refractivity contribution is 6.09. The lowest BCUT2D eigenvalue weighted by Crippen LogP contribution is -2.41. The molecule has 3 aliphatic carbocycles. The molecule has 36 heavy (non-hydrogen) atoms. The maximum Gasteiger partial charge on any atom is 0.326 e. The first-order valence-electron chi connectivity index (χ1n) is 11.7. The zero-order chi connectivity index (χ0) is 25.0. The van der Waals surface area contributed by atoms with Crippen LogP contribution in [0.1, 0.15) is 34.1 Å². The third kappa shape index (κ3) is 3.40. The van der Waals surface area contributed by atoms with Crippen LogP contribution in [-0.2, 0) is 23.9 Å². The quantitative estimate of drug-likeness (QED) is 0.444. The van der Waals surface area contributed by atoms with Gasteiger partial charge < -0.3 is 10.1 Å². The Hall–Kier alpha value is -4.33. The Bertz CT molecular complexity index is 1300. The second kappa shape index (κ2) is 8.41. The van der Waals surface area contributed by atoms with Crippen LogP contribution in [0, 0.1) is 17.7 Å². The van der Waals surface area contributed by atoms with Crippen LogP contribution < -0.4 is 5.32 Å². The van der Waals surface area contributed by atoms with E-state index in [0.29, 0.717) is 5.69 Å². The smallest absolute Gasteiger partial charge is 0.326 e. The first-order chi connectivity index (χ1) is 17.4.